The minimum Gasteiger partial charge on any atom is -0.394 e. The number of aliphatic hydroxyl groups is 2. The molecule has 0 aliphatic carbocycles. The highest BCUT2D eigenvalue weighted by Crippen LogP contribution is 2.18. The van der Waals surface area contributed by atoms with E-state index in [-0.39, 0.29) is 12.5 Å². The molecule has 4 heteroatoms. The van der Waals surface area contributed by atoms with Crippen molar-refractivity contribution in [3.8, 4) is 0 Å². The van der Waals surface area contributed by atoms with Crippen LogP contribution in [0, 0.1) is 0 Å². The number of amides is 1. The number of nitrogens with one attached hydrogen (secondary N) is 1. The number of aliphatic hydroxyl groups excluding tert-OH is 2. The van der Waals surface area contributed by atoms with Crippen molar-refractivity contribution in [1.82, 2.24) is 5.32 Å². The van der Waals surface area contributed by atoms with Gasteiger partial charge in [0.15, 0.2) is 0 Å². The third-order valence-electron chi connectivity index (χ3n) is 13.6. The van der Waals surface area contributed by atoms with E-state index in [0.29, 0.717) is 6.42 Å². The first-order valence-electron chi connectivity index (χ1n) is 29.2. The summed E-state index contributed by atoms with van der Waals surface area (Å²) < 4.78 is 0. The zero-order valence-electron chi connectivity index (χ0n) is 43.6. The molecular weight excluding hydrogens is 783 g/mol. The average Bonchev–Trinajstić information content (AvgIpc) is 3.30. The number of carbonyl (C=O) groups is 1. The number of rotatable bonds is 54. The van der Waals surface area contributed by atoms with Gasteiger partial charge < -0.3 is 15.5 Å². The number of hydrogen-bond donors (Lipinski definition) is 3. The molecule has 3 N–H and O–H groups in total. The van der Waals surface area contributed by atoms with Crippen LogP contribution in [0.1, 0.15) is 322 Å². The van der Waals surface area contributed by atoms with Crippen molar-refractivity contribution < 1.29 is 15.0 Å². The van der Waals surface area contributed by atoms with Gasteiger partial charge in [-0.05, 0) is 44.9 Å². The average molecular weight is 899 g/mol. The molecule has 0 saturated heterocycles. The molecule has 0 aliphatic rings. The van der Waals surface area contributed by atoms with Gasteiger partial charge in [-0.25, -0.2) is 0 Å². The SMILES string of the molecule is CCCCCCCC/C=C/CC/C=C/CC/C=C/C(O)C(CO)NC(=O)CCCCCCCCCCCCCCCCCCCCCCCCCCCCCCCCCCCCCC. The monoisotopic (exact) mass is 898 g/mol. The number of carbonyl (C=O) groups excluding carboxylic acids is 1. The van der Waals surface area contributed by atoms with Crippen LogP contribution < -0.4 is 5.32 Å². The van der Waals surface area contributed by atoms with Crippen LogP contribution in [0.4, 0.5) is 0 Å². The summed E-state index contributed by atoms with van der Waals surface area (Å²) in [5.74, 6) is -0.0726. The van der Waals surface area contributed by atoms with Gasteiger partial charge in [-0.1, -0.05) is 307 Å². The Bertz CT molecular complexity index is 974. The van der Waals surface area contributed by atoms with Crippen molar-refractivity contribution in [3.63, 3.8) is 0 Å². The summed E-state index contributed by atoms with van der Waals surface area (Å²) in [6.07, 6.45) is 76.2. The fraction of sp³-hybridized carbons (Fsp3) is 0.883. The Balaban J connectivity index is 3.41. The Kier molecular flexibility index (Phi) is 54.7. The van der Waals surface area contributed by atoms with E-state index in [1.807, 2.05) is 6.08 Å². The first-order valence-corrected chi connectivity index (χ1v) is 29.2. The van der Waals surface area contributed by atoms with E-state index < -0.39 is 12.1 Å². The van der Waals surface area contributed by atoms with Crippen molar-refractivity contribution in [3.05, 3.63) is 36.5 Å². The molecule has 0 aromatic heterocycles. The second-order valence-electron chi connectivity index (χ2n) is 20.1. The first-order chi connectivity index (χ1) is 31.7. The van der Waals surface area contributed by atoms with Crippen molar-refractivity contribution in [2.24, 2.45) is 0 Å². The van der Waals surface area contributed by atoms with Crippen LogP contribution in [0.5, 0.6) is 0 Å². The van der Waals surface area contributed by atoms with Crippen LogP contribution >= 0.6 is 0 Å². The molecule has 1 amide bonds. The second-order valence-corrected chi connectivity index (χ2v) is 20.1. The lowest BCUT2D eigenvalue weighted by Gasteiger charge is -2.19. The van der Waals surface area contributed by atoms with Gasteiger partial charge in [0.25, 0.3) is 0 Å². The summed E-state index contributed by atoms with van der Waals surface area (Å²) in [6.45, 7) is 4.31. The van der Waals surface area contributed by atoms with Crippen LogP contribution in [0.3, 0.4) is 0 Å². The Morgan fingerprint density at radius 3 is 0.906 bits per heavy atom. The van der Waals surface area contributed by atoms with E-state index in [1.165, 1.54) is 263 Å². The number of allylic oxidation sites excluding steroid dienone is 5. The van der Waals surface area contributed by atoms with Gasteiger partial charge in [0.2, 0.25) is 5.91 Å². The minimum absolute atomic E-state index is 0.0726. The van der Waals surface area contributed by atoms with Crippen molar-refractivity contribution >= 4 is 5.91 Å². The third kappa shape index (κ3) is 51.6. The molecule has 0 heterocycles. The van der Waals surface area contributed by atoms with E-state index in [9.17, 15) is 15.0 Å². The molecular formula is C60H115NO3. The highest BCUT2D eigenvalue weighted by Gasteiger charge is 2.18. The van der Waals surface area contributed by atoms with Gasteiger partial charge in [-0.3, -0.25) is 4.79 Å². The molecule has 0 saturated carbocycles. The van der Waals surface area contributed by atoms with E-state index in [2.05, 4.69) is 43.5 Å². The summed E-state index contributed by atoms with van der Waals surface area (Å²) in [6, 6.07) is -0.643. The fourth-order valence-corrected chi connectivity index (χ4v) is 9.16. The summed E-state index contributed by atoms with van der Waals surface area (Å²) in [5.41, 5.74) is 0. The lowest BCUT2D eigenvalue weighted by molar-refractivity contribution is -0.123. The van der Waals surface area contributed by atoms with Crippen LogP contribution in [-0.4, -0.2) is 34.9 Å². The summed E-state index contributed by atoms with van der Waals surface area (Å²) in [7, 11) is 0. The van der Waals surface area contributed by atoms with E-state index >= 15 is 0 Å². The molecule has 2 unspecified atom stereocenters. The molecule has 0 aromatic carbocycles. The minimum atomic E-state index is -0.868. The number of unbranched alkanes of at least 4 members (excludes halogenated alkanes) is 43. The smallest absolute Gasteiger partial charge is 0.220 e. The van der Waals surface area contributed by atoms with Gasteiger partial charge in [0.1, 0.15) is 0 Å². The quantitative estimate of drug-likeness (QED) is 0.0421. The zero-order chi connectivity index (χ0) is 46.3. The Morgan fingerprint density at radius 1 is 0.359 bits per heavy atom. The summed E-state index contributed by atoms with van der Waals surface area (Å²) in [4.78, 5) is 12.5. The lowest BCUT2D eigenvalue weighted by Crippen LogP contribution is -2.45. The summed E-state index contributed by atoms with van der Waals surface area (Å²) in [5, 5.41) is 23.1. The molecule has 0 aliphatic heterocycles. The largest absolute Gasteiger partial charge is 0.394 e. The predicted octanol–water partition coefficient (Wildman–Crippen LogP) is 19.3. The van der Waals surface area contributed by atoms with Crippen LogP contribution in [0.15, 0.2) is 36.5 Å². The zero-order valence-corrected chi connectivity index (χ0v) is 43.6. The van der Waals surface area contributed by atoms with Crippen molar-refractivity contribution in [2.75, 3.05) is 6.61 Å². The third-order valence-corrected chi connectivity index (χ3v) is 13.6. The van der Waals surface area contributed by atoms with E-state index in [0.717, 1.165) is 38.5 Å². The van der Waals surface area contributed by atoms with Crippen molar-refractivity contribution in [2.45, 2.75) is 334 Å². The molecule has 0 aromatic rings. The van der Waals surface area contributed by atoms with E-state index in [1.54, 1.807) is 6.08 Å². The molecule has 0 bridgehead atoms. The van der Waals surface area contributed by atoms with Gasteiger partial charge in [-0.15, -0.1) is 0 Å². The highest BCUT2D eigenvalue weighted by molar-refractivity contribution is 5.76. The highest BCUT2D eigenvalue weighted by atomic mass is 16.3. The topological polar surface area (TPSA) is 69.6 Å². The van der Waals surface area contributed by atoms with Crippen molar-refractivity contribution in [1.29, 1.82) is 0 Å². The molecule has 0 spiro atoms. The summed E-state index contributed by atoms with van der Waals surface area (Å²) >= 11 is 0. The normalized spacial score (nSPS) is 13.0. The Morgan fingerprint density at radius 2 is 0.609 bits per heavy atom. The molecule has 4 nitrogen and oxygen atoms in total. The first kappa shape index (κ1) is 62.6. The molecule has 0 radical (unpaired) electrons. The molecule has 2 atom stereocenters. The molecule has 0 rings (SSSR count). The molecule has 378 valence electrons. The Hall–Kier alpha value is -1.39. The fourth-order valence-electron chi connectivity index (χ4n) is 9.16. The van der Waals surface area contributed by atoms with Crippen LogP contribution in [-0.2, 0) is 4.79 Å². The second kappa shape index (κ2) is 55.9. The lowest BCUT2D eigenvalue weighted by atomic mass is 10.0. The molecule has 0 fully saturated rings. The Labute approximate surface area is 402 Å². The van der Waals surface area contributed by atoms with Gasteiger partial charge in [0, 0.05) is 6.42 Å². The van der Waals surface area contributed by atoms with Gasteiger partial charge in [0.05, 0.1) is 18.8 Å². The van der Waals surface area contributed by atoms with Crippen LogP contribution in [0.25, 0.3) is 0 Å². The van der Waals surface area contributed by atoms with E-state index in [4.69, 9.17) is 0 Å². The molecule has 64 heavy (non-hydrogen) atoms. The standard InChI is InChI=1S/C60H115NO3/c1-3-5-7-9-11-13-15-17-19-21-22-23-24-25-26-27-28-29-30-31-32-33-34-35-36-37-38-39-40-42-44-46-48-50-52-54-56-60(64)61-58(57-62)59(63)55-53-51-49-47-45-43-41-20-18-16-14-12-10-8-6-4-2/h18,20,45,47,53,55,58-59,62-63H,3-17,19,21-44,46,48-52,54,56-57H2,1-2H3,(H,61,64)/b20-18+,47-45+,55-53+. The van der Waals surface area contributed by atoms with Gasteiger partial charge in [-0.2, -0.15) is 0 Å². The maximum Gasteiger partial charge on any atom is 0.220 e. The maximum absolute atomic E-state index is 12.5. The predicted molar refractivity (Wildman–Crippen MR) is 285 cm³/mol. The van der Waals surface area contributed by atoms with Gasteiger partial charge >= 0.3 is 0 Å². The number of hydrogen-bond acceptors (Lipinski definition) is 3. The van der Waals surface area contributed by atoms with Crippen LogP contribution in [0.2, 0.25) is 0 Å². The maximum atomic E-state index is 12.5.